The zero-order valence-electron chi connectivity index (χ0n) is 48.5. The van der Waals surface area contributed by atoms with Crippen LogP contribution in [0, 0.1) is 17.8 Å². The van der Waals surface area contributed by atoms with Crippen LogP contribution < -0.4 is 11.1 Å². The van der Waals surface area contributed by atoms with E-state index in [1.54, 1.807) is 55.7 Å². The first kappa shape index (κ1) is 75.3. The summed E-state index contributed by atoms with van der Waals surface area (Å²) in [5.41, 5.74) is 5.82. The van der Waals surface area contributed by atoms with E-state index in [0.717, 1.165) is 32.1 Å². The van der Waals surface area contributed by atoms with Crippen LogP contribution in [0.3, 0.4) is 0 Å². The second kappa shape index (κ2) is 49.0. The van der Waals surface area contributed by atoms with Crippen LogP contribution in [0.1, 0.15) is 144 Å². The molecule has 0 aliphatic heterocycles. The molecule has 15 atom stereocenters. The highest BCUT2D eigenvalue weighted by Gasteiger charge is 2.25. The third-order valence-electron chi connectivity index (χ3n) is 13.1. The number of guanidine groups is 1. The second-order valence-electron chi connectivity index (χ2n) is 20.8. The van der Waals surface area contributed by atoms with Crippen molar-refractivity contribution in [2.24, 2.45) is 28.5 Å². The molecule has 454 valence electrons. The molecule has 0 radical (unpaired) electrons. The van der Waals surface area contributed by atoms with Gasteiger partial charge in [-0.2, -0.15) is 0 Å². The topological polar surface area (TPSA) is 310 Å². The van der Waals surface area contributed by atoms with Gasteiger partial charge in [-0.3, -0.25) is 9.79 Å². The summed E-state index contributed by atoms with van der Waals surface area (Å²) in [5.74, 6) is -1.19. The van der Waals surface area contributed by atoms with Crippen molar-refractivity contribution < 1.29 is 66.1 Å². The average molecular weight is 1120 g/mol. The highest BCUT2D eigenvalue weighted by atomic mass is 16.3. The third kappa shape index (κ3) is 43.1. The molecule has 0 aliphatic rings. The fraction of sp³-hybridized carbons (Fsp3) is 0.594. The molecule has 0 aliphatic carbocycles. The molecule has 0 heterocycles. The Morgan fingerprint density at radius 3 is 1.57 bits per heavy atom. The molecule has 16 nitrogen and oxygen atoms in total. The Bertz CT molecular complexity index is 1970. The van der Waals surface area contributed by atoms with E-state index in [1.165, 1.54) is 30.4 Å². The number of nitrogens with one attached hydrogen (secondary N) is 1. The molecule has 0 saturated heterocycles. The van der Waals surface area contributed by atoms with Crippen molar-refractivity contribution in [2.45, 2.75) is 217 Å². The smallest absolute Gasteiger partial charge is 0.192 e. The molecule has 15 unspecified atom stereocenters. The molecule has 0 aromatic carbocycles. The van der Waals surface area contributed by atoms with Gasteiger partial charge in [-0.25, -0.2) is 0 Å². The minimum absolute atomic E-state index is 0.0109. The monoisotopic (exact) mass is 1120 g/mol. The van der Waals surface area contributed by atoms with Crippen LogP contribution in [0.5, 0.6) is 0 Å². The summed E-state index contributed by atoms with van der Waals surface area (Å²) in [5, 5.41) is 128. The van der Waals surface area contributed by atoms with Crippen molar-refractivity contribution in [3.8, 4) is 0 Å². The van der Waals surface area contributed by atoms with Gasteiger partial charge in [0.2, 0.25) is 0 Å². The number of allylic oxidation sites excluding steroid dienone is 14. The first-order chi connectivity index (χ1) is 38.2. The van der Waals surface area contributed by atoms with E-state index in [1.807, 2.05) is 75.5 Å². The molecular weight excluding hydrogens is 1020 g/mol. The zero-order chi connectivity index (χ0) is 59.9. The Balaban J connectivity index is 4.45. The highest BCUT2D eigenvalue weighted by Crippen LogP contribution is 2.20. The maximum absolute atomic E-state index is 12.8. The molecule has 0 spiro atoms. The van der Waals surface area contributed by atoms with E-state index in [2.05, 4.69) is 29.4 Å². The van der Waals surface area contributed by atoms with Crippen LogP contribution in [-0.2, 0) is 4.79 Å². The number of hydrogen-bond acceptors (Lipinski definition) is 14. The van der Waals surface area contributed by atoms with Crippen molar-refractivity contribution in [1.82, 2.24) is 5.32 Å². The number of nitrogens with zero attached hydrogens (tertiary/aromatic N) is 1. The Kier molecular flexibility index (Phi) is 46.1. The number of hydrogen-bond donors (Lipinski definition) is 14. The van der Waals surface area contributed by atoms with E-state index in [0.29, 0.717) is 25.3 Å². The predicted octanol–water partition coefficient (Wildman–Crippen LogP) is 7.00. The summed E-state index contributed by atoms with van der Waals surface area (Å²) in [6, 6.07) is 0. The number of ketones is 1. The standard InChI is InChI=1S/C64H105N3O13/c1-6-8-10-19-22-30-48(3)63(80)50(5)61(78)39-24-21-18-16-14-12-13-15-17-20-23-38-60(77)49(4)62(79)47-59(76)46-56(73)36-28-35-55(72)45-58(75)44-54(71)34-27-33-52(69)42-51(68)31-26-32-53(70)43-57(74)37-29-41-67-64(65)66-40-25-11-9-7-2/h6,8,12-18,20-28,30-31,34,36,39-40,48-61,63,68-78,80H,7,9-11,19,29,32-33,35,37-38,41-47H2,1-5H3,(H3,65,66,67). The van der Waals surface area contributed by atoms with E-state index >= 15 is 0 Å². The summed E-state index contributed by atoms with van der Waals surface area (Å²) in [6.07, 6.45) is 37.5. The van der Waals surface area contributed by atoms with Gasteiger partial charge in [-0.1, -0.05) is 180 Å². The van der Waals surface area contributed by atoms with Gasteiger partial charge in [0, 0.05) is 50.0 Å². The molecule has 15 N–H and O–H groups in total. The minimum atomic E-state index is -1.16. The van der Waals surface area contributed by atoms with Crippen molar-refractivity contribution in [1.29, 1.82) is 0 Å². The maximum atomic E-state index is 12.8. The summed E-state index contributed by atoms with van der Waals surface area (Å²) in [4.78, 5) is 17.0. The molecule has 0 bridgehead atoms. The highest BCUT2D eigenvalue weighted by molar-refractivity contribution is 5.81. The average Bonchev–Trinajstić information content (AvgIpc) is 3.39. The fourth-order valence-electron chi connectivity index (χ4n) is 8.05. The van der Waals surface area contributed by atoms with Gasteiger partial charge in [0.25, 0.3) is 0 Å². The number of carbonyl (C=O) groups excluding carboxylic acids is 1. The molecule has 80 heavy (non-hydrogen) atoms. The van der Waals surface area contributed by atoms with Crippen LogP contribution in [0.15, 0.2) is 151 Å². The van der Waals surface area contributed by atoms with Crippen molar-refractivity contribution >= 4 is 11.7 Å². The number of carbonyl (C=O) groups is 1. The lowest BCUT2D eigenvalue weighted by Crippen LogP contribution is -2.32. The summed E-state index contributed by atoms with van der Waals surface area (Å²) >= 11 is 0. The van der Waals surface area contributed by atoms with Gasteiger partial charge in [-0.15, -0.1) is 0 Å². The van der Waals surface area contributed by atoms with Gasteiger partial charge in [0.1, 0.15) is 5.78 Å². The quantitative estimate of drug-likeness (QED) is 0.00959. The number of aliphatic imine (C=N–C) groups is 1. The van der Waals surface area contributed by atoms with Crippen molar-refractivity contribution in [3.63, 3.8) is 0 Å². The predicted molar refractivity (Wildman–Crippen MR) is 324 cm³/mol. The van der Waals surface area contributed by atoms with E-state index < -0.39 is 79.2 Å². The maximum Gasteiger partial charge on any atom is 0.192 e. The molecule has 0 saturated carbocycles. The minimum Gasteiger partial charge on any atom is -0.393 e. The first-order valence-electron chi connectivity index (χ1n) is 28.9. The van der Waals surface area contributed by atoms with E-state index in [-0.39, 0.29) is 81.8 Å². The zero-order valence-corrected chi connectivity index (χ0v) is 48.5. The lowest BCUT2D eigenvalue weighted by atomic mass is 9.88. The summed E-state index contributed by atoms with van der Waals surface area (Å²) in [7, 11) is 0. The fourth-order valence-corrected chi connectivity index (χ4v) is 8.05. The molecule has 0 fully saturated rings. The Labute approximate surface area is 479 Å². The van der Waals surface area contributed by atoms with Crippen LogP contribution in [0.4, 0.5) is 0 Å². The Hall–Kier alpha value is -4.66. The van der Waals surface area contributed by atoms with Gasteiger partial charge < -0.3 is 72.3 Å². The number of rotatable bonds is 46. The molecule has 0 aromatic rings. The van der Waals surface area contributed by atoms with Gasteiger partial charge in [0.15, 0.2) is 5.96 Å². The van der Waals surface area contributed by atoms with Crippen LogP contribution in [0.2, 0.25) is 0 Å². The molecule has 0 aromatic heterocycles. The first-order valence-corrected chi connectivity index (χ1v) is 28.9. The van der Waals surface area contributed by atoms with Crippen LogP contribution in [0.25, 0.3) is 0 Å². The van der Waals surface area contributed by atoms with Gasteiger partial charge in [-0.05, 0) is 83.8 Å². The molecule has 16 heteroatoms. The molecule has 0 amide bonds. The van der Waals surface area contributed by atoms with Crippen LogP contribution in [-0.4, -0.2) is 153 Å². The van der Waals surface area contributed by atoms with Gasteiger partial charge >= 0.3 is 0 Å². The van der Waals surface area contributed by atoms with Crippen molar-refractivity contribution in [3.05, 3.63) is 146 Å². The Morgan fingerprint density at radius 2 is 1.01 bits per heavy atom. The number of unbranched alkanes of at least 4 members (excludes halogenated alkanes) is 3. The number of aliphatic hydroxyl groups excluding tert-OH is 12. The lowest BCUT2D eigenvalue weighted by Gasteiger charge is -2.25. The lowest BCUT2D eigenvalue weighted by molar-refractivity contribution is -0.127. The second-order valence-corrected chi connectivity index (χ2v) is 20.8. The summed E-state index contributed by atoms with van der Waals surface area (Å²) < 4.78 is 0. The van der Waals surface area contributed by atoms with Crippen LogP contribution >= 0.6 is 0 Å². The van der Waals surface area contributed by atoms with Gasteiger partial charge in [0.05, 0.1) is 73.2 Å². The van der Waals surface area contributed by atoms with E-state index in [9.17, 15) is 66.1 Å². The number of aliphatic hydroxyl groups is 12. The normalized spacial score (nSPS) is 19.3. The largest absolute Gasteiger partial charge is 0.393 e. The molecule has 0 rings (SSSR count). The van der Waals surface area contributed by atoms with Crippen molar-refractivity contribution in [2.75, 3.05) is 6.54 Å². The number of nitrogens with two attached hydrogens (primary N) is 1. The molecular formula is C64H105N3O13. The Morgan fingerprint density at radius 1 is 0.512 bits per heavy atom. The summed E-state index contributed by atoms with van der Waals surface area (Å²) in [6.45, 7) is 9.91. The third-order valence-corrected chi connectivity index (χ3v) is 13.1. The van der Waals surface area contributed by atoms with E-state index in [4.69, 9.17) is 5.73 Å². The SMILES string of the molecule is CC=CCCC=CC(C)C(O)C(C)C(O)C=CC=CC=CC=CC=CC=CCC(O)C(C)C(=O)CC(O)CC(O)C=CCC(O)CC(O)CC(O)C=CCC(O)CC(O)C=CCC(O)CC(O)CCCN=C(N)NC=CCCCC. The number of Topliss-reactive ketones (excluding diaryl/α,β-unsaturated/α-hetero) is 1.